The van der Waals surface area contributed by atoms with Gasteiger partial charge in [0.2, 0.25) is 5.91 Å². The Hall–Kier alpha value is -1.39. The Morgan fingerprint density at radius 2 is 2.24 bits per heavy atom. The standard InChI is InChI=1S/C17H26N2O2/c1-13-5-6-14(2)16(10-13)18-17(21)12-19-8-3-4-15(11-19)7-9-20/h5-6,10,15,20H,3-4,7-9,11-12H2,1-2H3,(H,18,21). The molecule has 1 saturated heterocycles. The number of piperidine rings is 1. The van der Waals surface area contributed by atoms with Gasteiger partial charge in [0.25, 0.3) is 0 Å². The number of rotatable bonds is 5. The van der Waals surface area contributed by atoms with Crippen molar-refractivity contribution in [2.24, 2.45) is 5.92 Å². The van der Waals surface area contributed by atoms with Crippen molar-refractivity contribution in [2.45, 2.75) is 33.1 Å². The molecule has 1 aromatic carbocycles. The number of aliphatic hydroxyl groups is 1. The molecule has 0 spiro atoms. The van der Waals surface area contributed by atoms with E-state index in [1.165, 1.54) is 0 Å². The number of anilines is 1. The molecule has 1 aliphatic heterocycles. The fourth-order valence-electron chi connectivity index (χ4n) is 2.98. The van der Waals surface area contributed by atoms with E-state index in [4.69, 9.17) is 5.11 Å². The van der Waals surface area contributed by atoms with Crippen LogP contribution < -0.4 is 5.32 Å². The summed E-state index contributed by atoms with van der Waals surface area (Å²) in [5.74, 6) is 0.575. The van der Waals surface area contributed by atoms with Gasteiger partial charge in [0, 0.05) is 18.8 Å². The monoisotopic (exact) mass is 290 g/mol. The van der Waals surface area contributed by atoms with E-state index in [2.05, 4.69) is 16.3 Å². The molecule has 2 N–H and O–H groups in total. The second-order valence-corrected chi connectivity index (χ2v) is 6.12. The van der Waals surface area contributed by atoms with Crippen LogP contribution in [-0.2, 0) is 4.79 Å². The summed E-state index contributed by atoms with van der Waals surface area (Å²) in [6.45, 7) is 6.61. The fourth-order valence-corrected chi connectivity index (χ4v) is 2.98. The number of aliphatic hydroxyl groups excluding tert-OH is 1. The molecule has 1 aliphatic rings. The smallest absolute Gasteiger partial charge is 0.238 e. The molecule has 1 aromatic rings. The first kappa shape index (κ1) is 16.0. The molecular formula is C17H26N2O2. The summed E-state index contributed by atoms with van der Waals surface area (Å²) in [5, 5.41) is 12.1. The first-order chi connectivity index (χ1) is 10.1. The maximum atomic E-state index is 12.2. The third kappa shape index (κ3) is 4.83. The van der Waals surface area contributed by atoms with E-state index in [1.807, 2.05) is 26.0 Å². The van der Waals surface area contributed by atoms with Crippen LogP contribution in [0.1, 0.15) is 30.4 Å². The van der Waals surface area contributed by atoms with Crippen molar-refractivity contribution in [3.8, 4) is 0 Å². The molecular weight excluding hydrogens is 264 g/mol. The van der Waals surface area contributed by atoms with Crippen LogP contribution in [0, 0.1) is 19.8 Å². The van der Waals surface area contributed by atoms with Crippen LogP contribution in [0.4, 0.5) is 5.69 Å². The van der Waals surface area contributed by atoms with E-state index in [0.717, 1.165) is 49.2 Å². The Morgan fingerprint density at radius 1 is 1.43 bits per heavy atom. The van der Waals surface area contributed by atoms with Gasteiger partial charge in [0.05, 0.1) is 6.54 Å². The molecule has 116 valence electrons. The number of benzene rings is 1. The molecule has 1 atom stereocenters. The lowest BCUT2D eigenvalue weighted by Crippen LogP contribution is -2.40. The Labute approximate surface area is 127 Å². The van der Waals surface area contributed by atoms with Crippen molar-refractivity contribution >= 4 is 11.6 Å². The number of nitrogens with one attached hydrogen (secondary N) is 1. The lowest BCUT2D eigenvalue weighted by atomic mass is 9.95. The highest BCUT2D eigenvalue weighted by Gasteiger charge is 2.21. The number of amides is 1. The number of aryl methyl sites for hydroxylation is 2. The molecule has 0 bridgehead atoms. The van der Waals surface area contributed by atoms with Gasteiger partial charge in [0.15, 0.2) is 0 Å². The van der Waals surface area contributed by atoms with E-state index in [1.54, 1.807) is 0 Å². The normalized spacial score (nSPS) is 19.5. The summed E-state index contributed by atoms with van der Waals surface area (Å²) in [6, 6.07) is 6.09. The maximum Gasteiger partial charge on any atom is 0.238 e. The fraction of sp³-hybridized carbons (Fsp3) is 0.588. The van der Waals surface area contributed by atoms with Gasteiger partial charge < -0.3 is 10.4 Å². The summed E-state index contributed by atoms with van der Waals surface area (Å²) < 4.78 is 0. The minimum atomic E-state index is 0.0494. The average Bonchev–Trinajstić information content (AvgIpc) is 2.43. The second kappa shape index (κ2) is 7.57. The molecule has 4 heteroatoms. The van der Waals surface area contributed by atoms with E-state index in [9.17, 15) is 4.79 Å². The minimum absolute atomic E-state index is 0.0494. The molecule has 0 aromatic heterocycles. The molecule has 0 saturated carbocycles. The lowest BCUT2D eigenvalue weighted by Gasteiger charge is -2.31. The van der Waals surface area contributed by atoms with Gasteiger partial charge in [-0.2, -0.15) is 0 Å². The number of likely N-dealkylation sites (tertiary alicyclic amines) is 1. The molecule has 1 unspecified atom stereocenters. The maximum absolute atomic E-state index is 12.2. The first-order valence-corrected chi connectivity index (χ1v) is 7.79. The highest BCUT2D eigenvalue weighted by molar-refractivity contribution is 5.93. The van der Waals surface area contributed by atoms with Crippen molar-refractivity contribution in [3.63, 3.8) is 0 Å². The zero-order valence-corrected chi connectivity index (χ0v) is 13.1. The summed E-state index contributed by atoms with van der Waals surface area (Å²) in [7, 11) is 0. The lowest BCUT2D eigenvalue weighted by molar-refractivity contribution is -0.117. The molecule has 1 fully saturated rings. The topological polar surface area (TPSA) is 52.6 Å². The van der Waals surface area contributed by atoms with Crippen molar-refractivity contribution < 1.29 is 9.90 Å². The average molecular weight is 290 g/mol. The largest absolute Gasteiger partial charge is 0.396 e. The van der Waals surface area contributed by atoms with Crippen LogP contribution in [0.5, 0.6) is 0 Å². The van der Waals surface area contributed by atoms with Crippen LogP contribution in [-0.4, -0.2) is 42.2 Å². The molecule has 1 amide bonds. The number of hydrogen-bond donors (Lipinski definition) is 2. The summed E-state index contributed by atoms with van der Waals surface area (Å²) in [6.07, 6.45) is 3.12. The Morgan fingerprint density at radius 3 is 3.00 bits per heavy atom. The third-order valence-corrected chi connectivity index (χ3v) is 4.17. The summed E-state index contributed by atoms with van der Waals surface area (Å²) in [5.41, 5.74) is 3.14. The second-order valence-electron chi connectivity index (χ2n) is 6.12. The van der Waals surface area contributed by atoms with Gasteiger partial charge in [-0.15, -0.1) is 0 Å². The van der Waals surface area contributed by atoms with Crippen LogP contribution in [0.3, 0.4) is 0 Å². The van der Waals surface area contributed by atoms with Gasteiger partial charge in [-0.1, -0.05) is 12.1 Å². The van der Waals surface area contributed by atoms with Gasteiger partial charge in [-0.25, -0.2) is 0 Å². The molecule has 0 radical (unpaired) electrons. The highest BCUT2D eigenvalue weighted by Crippen LogP contribution is 2.20. The Kier molecular flexibility index (Phi) is 5.76. The molecule has 1 heterocycles. The van der Waals surface area contributed by atoms with Gasteiger partial charge >= 0.3 is 0 Å². The third-order valence-electron chi connectivity index (χ3n) is 4.17. The predicted molar refractivity (Wildman–Crippen MR) is 85.4 cm³/mol. The van der Waals surface area contributed by atoms with Crippen molar-refractivity contribution in [3.05, 3.63) is 29.3 Å². The molecule has 21 heavy (non-hydrogen) atoms. The number of hydrogen-bond acceptors (Lipinski definition) is 3. The Bertz CT molecular complexity index is 486. The van der Waals surface area contributed by atoms with E-state index in [-0.39, 0.29) is 12.5 Å². The minimum Gasteiger partial charge on any atom is -0.396 e. The summed E-state index contributed by atoms with van der Waals surface area (Å²) >= 11 is 0. The van der Waals surface area contributed by atoms with Crippen LogP contribution in [0.25, 0.3) is 0 Å². The summed E-state index contributed by atoms with van der Waals surface area (Å²) in [4.78, 5) is 14.4. The number of carbonyl (C=O) groups is 1. The van der Waals surface area contributed by atoms with Gasteiger partial charge in [-0.3, -0.25) is 9.69 Å². The quantitative estimate of drug-likeness (QED) is 0.875. The van der Waals surface area contributed by atoms with Crippen molar-refractivity contribution in [1.29, 1.82) is 0 Å². The zero-order chi connectivity index (χ0) is 15.2. The van der Waals surface area contributed by atoms with Crippen molar-refractivity contribution in [1.82, 2.24) is 4.90 Å². The molecule has 0 aliphatic carbocycles. The number of carbonyl (C=O) groups excluding carboxylic acids is 1. The van der Waals surface area contributed by atoms with Crippen LogP contribution >= 0.6 is 0 Å². The SMILES string of the molecule is Cc1ccc(C)c(NC(=O)CN2CCCC(CCO)C2)c1. The van der Waals surface area contributed by atoms with Gasteiger partial charge in [-0.05, 0) is 62.8 Å². The molecule has 2 rings (SSSR count). The molecule has 4 nitrogen and oxygen atoms in total. The van der Waals surface area contributed by atoms with Crippen LogP contribution in [0.15, 0.2) is 18.2 Å². The first-order valence-electron chi connectivity index (χ1n) is 7.79. The number of nitrogens with zero attached hydrogens (tertiary/aromatic N) is 1. The highest BCUT2D eigenvalue weighted by atomic mass is 16.3. The van der Waals surface area contributed by atoms with Crippen LogP contribution in [0.2, 0.25) is 0 Å². The van der Waals surface area contributed by atoms with Gasteiger partial charge in [0.1, 0.15) is 0 Å². The predicted octanol–water partition coefficient (Wildman–Crippen LogP) is 2.34. The zero-order valence-electron chi connectivity index (χ0n) is 13.1. The van der Waals surface area contributed by atoms with E-state index < -0.39 is 0 Å². The van der Waals surface area contributed by atoms with E-state index in [0.29, 0.717) is 12.5 Å². The van der Waals surface area contributed by atoms with Crippen molar-refractivity contribution in [2.75, 3.05) is 31.6 Å². The van der Waals surface area contributed by atoms with E-state index >= 15 is 0 Å². The Balaban J connectivity index is 1.88.